The van der Waals surface area contributed by atoms with Crippen LogP contribution in [0.5, 0.6) is 0 Å². The van der Waals surface area contributed by atoms with E-state index in [1.807, 2.05) is 5.32 Å². The molecule has 0 radical (unpaired) electrons. The van der Waals surface area contributed by atoms with E-state index in [4.69, 9.17) is 14.9 Å². The van der Waals surface area contributed by atoms with Crippen molar-refractivity contribution in [3.8, 4) is 0 Å². The van der Waals surface area contributed by atoms with Crippen LogP contribution in [0.1, 0.15) is 12.0 Å². The molecule has 0 saturated carbocycles. The second-order valence-electron chi connectivity index (χ2n) is 3.71. The molecule has 0 bridgehead atoms. The summed E-state index contributed by atoms with van der Waals surface area (Å²) in [6, 6.07) is 8.83. The second-order valence-corrected chi connectivity index (χ2v) is 3.71. The number of carbonyl (C=O) groups excluding carboxylic acids is 1. The number of carboxylic acid groups (broad SMARTS) is 2. The van der Waals surface area contributed by atoms with E-state index < -0.39 is 30.1 Å². The minimum absolute atomic E-state index is 0.0154. The standard InChI is InChI=1S/C13H13NO6/c15-11(16)7-6-10(12(17)18)14-13(19)20-8-9-4-2-1-3-5-9/h1-6H,7-8H2,(H,14,19)(H,15,16)(H,17,18)/b10-6-. The summed E-state index contributed by atoms with van der Waals surface area (Å²) in [6.45, 7) is -0.0154. The van der Waals surface area contributed by atoms with Gasteiger partial charge in [-0.25, -0.2) is 9.59 Å². The Balaban J connectivity index is 2.52. The molecule has 106 valence electrons. The van der Waals surface area contributed by atoms with Crippen molar-refractivity contribution in [1.29, 1.82) is 0 Å². The van der Waals surface area contributed by atoms with Crippen molar-refractivity contribution in [2.45, 2.75) is 13.0 Å². The van der Waals surface area contributed by atoms with Crippen LogP contribution in [0.2, 0.25) is 0 Å². The third-order valence-corrected chi connectivity index (χ3v) is 2.16. The summed E-state index contributed by atoms with van der Waals surface area (Å²) in [6.07, 6.45) is -0.595. The highest BCUT2D eigenvalue weighted by Crippen LogP contribution is 2.01. The van der Waals surface area contributed by atoms with Crippen LogP contribution in [-0.4, -0.2) is 28.2 Å². The van der Waals surface area contributed by atoms with Gasteiger partial charge in [-0.2, -0.15) is 0 Å². The number of alkyl carbamates (subject to hydrolysis) is 1. The van der Waals surface area contributed by atoms with Gasteiger partial charge in [-0.15, -0.1) is 0 Å². The molecule has 0 saturated heterocycles. The number of carbonyl (C=O) groups is 3. The number of ether oxygens (including phenoxy) is 1. The van der Waals surface area contributed by atoms with Crippen molar-refractivity contribution < 1.29 is 29.3 Å². The van der Waals surface area contributed by atoms with Crippen molar-refractivity contribution >= 4 is 18.0 Å². The quantitative estimate of drug-likeness (QED) is 0.677. The lowest BCUT2D eigenvalue weighted by molar-refractivity contribution is -0.136. The predicted octanol–water partition coefficient (Wildman–Crippen LogP) is 1.36. The van der Waals surface area contributed by atoms with Gasteiger partial charge in [0.15, 0.2) is 0 Å². The molecule has 0 aromatic heterocycles. The minimum Gasteiger partial charge on any atom is -0.481 e. The van der Waals surface area contributed by atoms with Crippen LogP contribution < -0.4 is 5.32 Å². The summed E-state index contributed by atoms with van der Waals surface area (Å²) in [4.78, 5) is 32.5. The van der Waals surface area contributed by atoms with E-state index in [0.717, 1.165) is 11.6 Å². The van der Waals surface area contributed by atoms with Crippen molar-refractivity contribution in [2.75, 3.05) is 0 Å². The zero-order chi connectivity index (χ0) is 15.0. The number of hydrogen-bond donors (Lipinski definition) is 3. The number of amides is 1. The first kappa shape index (κ1) is 15.2. The van der Waals surface area contributed by atoms with Gasteiger partial charge >= 0.3 is 18.0 Å². The fraction of sp³-hybridized carbons (Fsp3) is 0.154. The summed E-state index contributed by atoms with van der Waals surface area (Å²) in [5.41, 5.74) is 0.208. The topological polar surface area (TPSA) is 113 Å². The average Bonchev–Trinajstić information content (AvgIpc) is 2.41. The Kier molecular flexibility index (Phi) is 5.76. The van der Waals surface area contributed by atoms with E-state index >= 15 is 0 Å². The Hall–Kier alpha value is -2.83. The third-order valence-electron chi connectivity index (χ3n) is 2.16. The van der Waals surface area contributed by atoms with Gasteiger partial charge in [0.05, 0.1) is 6.42 Å². The fourth-order valence-corrected chi connectivity index (χ4v) is 1.25. The zero-order valence-corrected chi connectivity index (χ0v) is 10.4. The van der Waals surface area contributed by atoms with E-state index in [-0.39, 0.29) is 6.61 Å². The van der Waals surface area contributed by atoms with Crippen molar-refractivity contribution in [3.63, 3.8) is 0 Å². The second kappa shape index (κ2) is 7.57. The van der Waals surface area contributed by atoms with Crippen molar-refractivity contribution in [2.24, 2.45) is 0 Å². The zero-order valence-electron chi connectivity index (χ0n) is 10.4. The van der Waals surface area contributed by atoms with E-state index in [1.165, 1.54) is 0 Å². The van der Waals surface area contributed by atoms with E-state index in [1.54, 1.807) is 30.3 Å². The molecule has 3 N–H and O–H groups in total. The maximum atomic E-state index is 11.4. The molecule has 0 unspecified atom stereocenters. The van der Waals surface area contributed by atoms with Crippen LogP contribution in [0, 0.1) is 0 Å². The van der Waals surface area contributed by atoms with Gasteiger partial charge in [-0.3, -0.25) is 10.1 Å². The first-order valence-corrected chi connectivity index (χ1v) is 5.62. The molecule has 0 atom stereocenters. The van der Waals surface area contributed by atoms with E-state index in [2.05, 4.69) is 0 Å². The van der Waals surface area contributed by atoms with Gasteiger partial charge < -0.3 is 14.9 Å². The van der Waals surface area contributed by atoms with Crippen LogP contribution in [0.15, 0.2) is 42.1 Å². The molecule has 0 aliphatic rings. The van der Waals surface area contributed by atoms with Gasteiger partial charge in [0.1, 0.15) is 12.3 Å². The molecular weight excluding hydrogens is 266 g/mol. The molecule has 0 aliphatic heterocycles. The normalized spacial score (nSPS) is 10.7. The first-order chi connectivity index (χ1) is 9.49. The SMILES string of the molecule is O=C(O)C/C=C(\NC(=O)OCc1ccccc1)C(=O)O. The van der Waals surface area contributed by atoms with Gasteiger partial charge in [0.2, 0.25) is 0 Å². The Labute approximate surface area is 114 Å². The smallest absolute Gasteiger partial charge is 0.412 e. The third kappa shape index (κ3) is 5.67. The summed E-state index contributed by atoms with van der Waals surface area (Å²) in [5, 5.41) is 19.2. The minimum atomic E-state index is -1.44. The molecule has 1 aromatic carbocycles. The highest BCUT2D eigenvalue weighted by atomic mass is 16.5. The molecule has 1 amide bonds. The first-order valence-electron chi connectivity index (χ1n) is 5.62. The molecule has 1 rings (SSSR count). The Morgan fingerprint density at radius 2 is 1.80 bits per heavy atom. The number of aliphatic carboxylic acids is 2. The summed E-state index contributed by atoms with van der Waals surface area (Å²) in [5.74, 6) is -2.65. The number of carboxylic acids is 2. The van der Waals surface area contributed by atoms with Crippen LogP contribution in [0.3, 0.4) is 0 Å². The molecule has 0 spiro atoms. The monoisotopic (exact) mass is 279 g/mol. The van der Waals surface area contributed by atoms with Gasteiger partial charge in [-0.1, -0.05) is 30.3 Å². The highest BCUT2D eigenvalue weighted by molar-refractivity contribution is 5.91. The molecule has 7 nitrogen and oxygen atoms in total. The van der Waals surface area contributed by atoms with Gasteiger partial charge in [-0.05, 0) is 11.6 Å². The van der Waals surface area contributed by atoms with Crippen LogP contribution in [-0.2, 0) is 20.9 Å². The lowest BCUT2D eigenvalue weighted by Crippen LogP contribution is -2.28. The highest BCUT2D eigenvalue weighted by Gasteiger charge is 2.12. The van der Waals surface area contributed by atoms with Crippen molar-refractivity contribution in [1.82, 2.24) is 5.32 Å². The predicted molar refractivity (Wildman–Crippen MR) is 67.7 cm³/mol. The Bertz CT molecular complexity index is 523. The molecular formula is C13H13NO6. The number of hydrogen-bond acceptors (Lipinski definition) is 4. The molecule has 0 heterocycles. The summed E-state index contributed by atoms with van der Waals surface area (Å²) in [7, 11) is 0. The molecule has 0 aliphatic carbocycles. The average molecular weight is 279 g/mol. The number of nitrogens with one attached hydrogen (secondary N) is 1. The van der Waals surface area contributed by atoms with Crippen LogP contribution >= 0.6 is 0 Å². The lowest BCUT2D eigenvalue weighted by Gasteiger charge is -2.07. The molecule has 1 aromatic rings. The number of benzene rings is 1. The van der Waals surface area contributed by atoms with Gasteiger partial charge in [0, 0.05) is 0 Å². The Morgan fingerprint density at radius 1 is 1.15 bits per heavy atom. The Morgan fingerprint density at radius 3 is 2.35 bits per heavy atom. The maximum Gasteiger partial charge on any atom is 0.412 e. The fourth-order valence-electron chi connectivity index (χ4n) is 1.25. The van der Waals surface area contributed by atoms with Gasteiger partial charge in [0.25, 0.3) is 0 Å². The van der Waals surface area contributed by atoms with Crippen LogP contribution in [0.4, 0.5) is 4.79 Å². The van der Waals surface area contributed by atoms with E-state index in [0.29, 0.717) is 0 Å². The lowest BCUT2D eigenvalue weighted by atomic mass is 10.2. The summed E-state index contributed by atoms with van der Waals surface area (Å²) >= 11 is 0. The number of rotatable bonds is 6. The maximum absolute atomic E-state index is 11.4. The summed E-state index contributed by atoms with van der Waals surface area (Å²) < 4.78 is 4.81. The molecule has 20 heavy (non-hydrogen) atoms. The van der Waals surface area contributed by atoms with E-state index in [9.17, 15) is 14.4 Å². The molecule has 0 fully saturated rings. The van der Waals surface area contributed by atoms with Crippen LogP contribution in [0.25, 0.3) is 0 Å². The largest absolute Gasteiger partial charge is 0.481 e. The van der Waals surface area contributed by atoms with Crippen molar-refractivity contribution in [3.05, 3.63) is 47.7 Å². The molecule has 7 heteroatoms.